The summed E-state index contributed by atoms with van der Waals surface area (Å²) in [6, 6.07) is 0. The van der Waals surface area contributed by atoms with Crippen LogP contribution >= 0.6 is 11.8 Å². The zero-order valence-electron chi connectivity index (χ0n) is 14.2. The van der Waals surface area contributed by atoms with Gasteiger partial charge in [-0.3, -0.25) is 10.1 Å². The number of hydrogen-bond acceptors (Lipinski definition) is 3. The molecule has 20 heavy (non-hydrogen) atoms. The fourth-order valence-electron chi connectivity index (χ4n) is 3.00. The summed E-state index contributed by atoms with van der Waals surface area (Å²) in [6.07, 6.45) is 5.38. The molecule has 0 saturated carbocycles. The van der Waals surface area contributed by atoms with E-state index >= 15 is 0 Å². The summed E-state index contributed by atoms with van der Waals surface area (Å²) >= 11 is 1.91. The summed E-state index contributed by atoms with van der Waals surface area (Å²) in [4.78, 5) is 15.0. The van der Waals surface area contributed by atoms with Crippen molar-refractivity contribution in [2.24, 2.45) is 5.92 Å². The van der Waals surface area contributed by atoms with Crippen LogP contribution in [0.4, 0.5) is 0 Å². The first kappa shape index (κ1) is 17.8. The van der Waals surface area contributed by atoms with Crippen molar-refractivity contribution < 1.29 is 4.79 Å². The van der Waals surface area contributed by atoms with Crippen LogP contribution in [0, 0.1) is 5.92 Å². The predicted molar refractivity (Wildman–Crippen MR) is 89.0 cm³/mol. The Kier molecular flexibility index (Phi) is 5.97. The van der Waals surface area contributed by atoms with Crippen LogP contribution in [-0.2, 0) is 4.79 Å². The first-order valence-electron chi connectivity index (χ1n) is 7.93. The van der Waals surface area contributed by atoms with Gasteiger partial charge in [-0.05, 0) is 38.4 Å². The van der Waals surface area contributed by atoms with Crippen LogP contribution < -0.4 is 5.32 Å². The van der Waals surface area contributed by atoms with E-state index in [1.807, 2.05) is 18.7 Å². The molecule has 0 aliphatic carbocycles. The molecule has 118 valence electrons. The molecule has 1 saturated heterocycles. The largest absolute Gasteiger partial charge is 0.324 e. The van der Waals surface area contributed by atoms with E-state index < -0.39 is 0 Å². The van der Waals surface area contributed by atoms with Crippen LogP contribution in [0.2, 0.25) is 0 Å². The van der Waals surface area contributed by atoms with Gasteiger partial charge in [-0.25, -0.2) is 0 Å². The molecular weight excluding hydrogens is 268 g/mol. The van der Waals surface area contributed by atoms with Gasteiger partial charge in [0.25, 0.3) is 0 Å². The molecule has 2 atom stereocenters. The van der Waals surface area contributed by atoms with Crippen molar-refractivity contribution in [2.45, 2.75) is 77.3 Å². The molecule has 2 unspecified atom stereocenters. The second kappa shape index (κ2) is 6.69. The summed E-state index contributed by atoms with van der Waals surface area (Å²) < 4.78 is 0.184. The van der Waals surface area contributed by atoms with Crippen LogP contribution in [0.1, 0.15) is 60.8 Å². The van der Waals surface area contributed by atoms with Crippen LogP contribution in [0.5, 0.6) is 0 Å². The lowest BCUT2D eigenvalue weighted by Gasteiger charge is -2.37. The van der Waals surface area contributed by atoms with Gasteiger partial charge in [0.05, 0.1) is 11.7 Å². The molecule has 0 aromatic carbocycles. The van der Waals surface area contributed by atoms with Crippen LogP contribution in [-0.4, -0.2) is 40.1 Å². The van der Waals surface area contributed by atoms with Gasteiger partial charge in [-0.2, -0.15) is 11.8 Å². The topological polar surface area (TPSA) is 32.3 Å². The van der Waals surface area contributed by atoms with Crippen molar-refractivity contribution in [3.63, 3.8) is 0 Å². The van der Waals surface area contributed by atoms with E-state index in [1.165, 1.54) is 0 Å². The monoisotopic (exact) mass is 300 g/mol. The molecule has 1 amide bonds. The van der Waals surface area contributed by atoms with Crippen molar-refractivity contribution in [1.82, 2.24) is 10.2 Å². The highest BCUT2D eigenvalue weighted by Gasteiger charge is 2.49. The Hall–Kier alpha value is -0.220. The third-order valence-corrected chi connectivity index (χ3v) is 6.63. The molecule has 4 heteroatoms. The number of hydrogen-bond donors (Lipinski definition) is 1. The first-order chi connectivity index (χ1) is 9.29. The second-order valence-electron chi connectivity index (χ2n) is 6.55. The summed E-state index contributed by atoms with van der Waals surface area (Å²) in [5, 5.41) is 3.58. The van der Waals surface area contributed by atoms with Crippen LogP contribution in [0.25, 0.3) is 0 Å². The Bertz CT molecular complexity index is 333. The molecule has 3 nitrogen and oxygen atoms in total. The van der Waals surface area contributed by atoms with E-state index in [-0.39, 0.29) is 22.4 Å². The fourth-order valence-corrected chi connectivity index (χ4v) is 3.84. The van der Waals surface area contributed by atoms with Crippen LogP contribution in [0.15, 0.2) is 0 Å². The van der Waals surface area contributed by atoms with Gasteiger partial charge in [-0.1, -0.05) is 34.6 Å². The normalized spacial score (nSPS) is 27.7. The standard InChI is InChI=1S/C16H32N2OS/c1-8-15(6)14(19)18(13(17-15)12(4)5)11-16(9-2,10-3)20-7/h12-13,17H,8-11H2,1-7H3. The summed E-state index contributed by atoms with van der Waals surface area (Å²) in [5.41, 5.74) is -0.388. The third kappa shape index (κ3) is 3.16. The van der Waals surface area contributed by atoms with Crippen molar-refractivity contribution >= 4 is 17.7 Å². The quantitative estimate of drug-likeness (QED) is 0.781. The number of carbonyl (C=O) groups excluding carboxylic acids is 1. The van der Waals surface area contributed by atoms with Gasteiger partial charge in [-0.15, -0.1) is 0 Å². The molecule has 0 aromatic heterocycles. The number of nitrogens with one attached hydrogen (secondary N) is 1. The first-order valence-corrected chi connectivity index (χ1v) is 9.15. The van der Waals surface area contributed by atoms with E-state index in [0.29, 0.717) is 5.92 Å². The third-order valence-electron chi connectivity index (χ3n) is 5.05. The summed E-state index contributed by atoms with van der Waals surface area (Å²) in [7, 11) is 0. The molecule has 1 heterocycles. The molecule has 1 N–H and O–H groups in total. The van der Waals surface area contributed by atoms with Crippen molar-refractivity contribution in [1.29, 1.82) is 0 Å². The number of amides is 1. The number of thioether (sulfide) groups is 1. The Morgan fingerprint density at radius 2 is 1.90 bits per heavy atom. The Morgan fingerprint density at radius 3 is 2.25 bits per heavy atom. The molecule has 0 bridgehead atoms. The van der Waals surface area contributed by atoms with Crippen molar-refractivity contribution in [2.75, 3.05) is 12.8 Å². The Labute approximate surface area is 129 Å². The zero-order valence-corrected chi connectivity index (χ0v) is 15.1. The van der Waals surface area contributed by atoms with Crippen molar-refractivity contribution in [3.8, 4) is 0 Å². The van der Waals surface area contributed by atoms with Gasteiger partial charge in [0.15, 0.2) is 0 Å². The Morgan fingerprint density at radius 1 is 1.35 bits per heavy atom. The zero-order chi connectivity index (χ0) is 15.6. The highest BCUT2D eigenvalue weighted by Crippen LogP contribution is 2.36. The van der Waals surface area contributed by atoms with E-state index in [2.05, 4.69) is 51.1 Å². The predicted octanol–water partition coefficient (Wildman–Crippen LogP) is 3.49. The number of nitrogens with zero attached hydrogens (tertiary/aromatic N) is 1. The van der Waals surface area contributed by atoms with E-state index in [4.69, 9.17) is 0 Å². The smallest absolute Gasteiger partial charge is 0.243 e. The van der Waals surface area contributed by atoms with Gasteiger partial charge in [0.1, 0.15) is 0 Å². The molecule has 1 aliphatic rings. The van der Waals surface area contributed by atoms with Crippen molar-refractivity contribution in [3.05, 3.63) is 0 Å². The molecular formula is C16H32N2OS. The maximum absolute atomic E-state index is 12.9. The van der Waals surface area contributed by atoms with Gasteiger partial charge in [0, 0.05) is 11.3 Å². The maximum atomic E-state index is 12.9. The Balaban J connectivity index is 3.03. The molecule has 1 rings (SSSR count). The van der Waals surface area contributed by atoms with E-state index in [9.17, 15) is 4.79 Å². The van der Waals surface area contributed by atoms with Crippen LogP contribution in [0.3, 0.4) is 0 Å². The van der Waals surface area contributed by atoms with Gasteiger partial charge < -0.3 is 4.90 Å². The molecule has 1 aliphatic heterocycles. The minimum Gasteiger partial charge on any atom is -0.324 e. The maximum Gasteiger partial charge on any atom is 0.243 e. The average Bonchev–Trinajstić information content (AvgIpc) is 2.70. The second-order valence-corrected chi connectivity index (χ2v) is 7.82. The summed E-state index contributed by atoms with van der Waals surface area (Å²) in [5.74, 6) is 0.708. The molecule has 0 aromatic rings. The number of carbonyl (C=O) groups is 1. The molecule has 0 spiro atoms. The van der Waals surface area contributed by atoms with E-state index in [1.54, 1.807) is 0 Å². The summed E-state index contributed by atoms with van der Waals surface area (Å²) in [6.45, 7) is 13.8. The van der Waals surface area contributed by atoms with E-state index in [0.717, 1.165) is 25.8 Å². The minimum atomic E-state index is -0.388. The lowest BCUT2D eigenvalue weighted by molar-refractivity contribution is -0.133. The van der Waals surface area contributed by atoms with Gasteiger partial charge >= 0.3 is 0 Å². The highest BCUT2D eigenvalue weighted by atomic mass is 32.2. The minimum absolute atomic E-state index is 0.164. The molecule has 0 radical (unpaired) electrons. The molecule has 1 fully saturated rings. The number of rotatable bonds is 7. The van der Waals surface area contributed by atoms with Gasteiger partial charge in [0.2, 0.25) is 5.91 Å². The SMILES string of the molecule is CCC(CC)(CN1C(=O)C(C)(CC)NC1C(C)C)SC. The lowest BCUT2D eigenvalue weighted by Crippen LogP contribution is -2.48. The highest BCUT2D eigenvalue weighted by molar-refractivity contribution is 8.00. The lowest BCUT2D eigenvalue weighted by atomic mass is 9.97. The average molecular weight is 301 g/mol. The fraction of sp³-hybridized carbons (Fsp3) is 0.938.